The van der Waals surface area contributed by atoms with Crippen molar-refractivity contribution in [3.05, 3.63) is 87.9 Å². The molecule has 0 saturated carbocycles. The van der Waals surface area contributed by atoms with Gasteiger partial charge in [-0.15, -0.1) is 10.2 Å². The van der Waals surface area contributed by atoms with Gasteiger partial charge in [0.25, 0.3) is 5.56 Å². The van der Waals surface area contributed by atoms with E-state index in [1.54, 1.807) is 24.4 Å². The minimum Gasteiger partial charge on any atom is -0.394 e. The second-order valence-electron chi connectivity index (χ2n) is 8.04. The molecule has 0 aliphatic carbocycles. The molecule has 9 nitrogen and oxygen atoms in total. The van der Waals surface area contributed by atoms with Crippen LogP contribution < -0.4 is 10.9 Å². The predicted molar refractivity (Wildman–Crippen MR) is 123 cm³/mol. The average molecular weight is 462 g/mol. The Labute approximate surface area is 194 Å². The zero-order chi connectivity index (χ0) is 23.7. The standard InChI is InChI=1S/C24H23FN6O3/c1-15-2-3-17(19-8-9-26-30(10-11-32)23(19)33)12-20(15)27-24-29-28-22-14-34-13-21(31(22)24)16-4-6-18(25)7-5-16/h2-9,12,21,32H,10-11,13-14H2,1H3,(H,27,29)/t21-/m0/s1. The number of halogens is 1. The Balaban J connectivity index is 1.51. The number of ether oxygens (including phenoxy) is 1. The monoisotopic (exact) mass is 462 g/mol. The van der Waals surface area contributed by atoms with Gasteiger partial charge in [0.1, 0.15) is 12.4 Å². The predicted octanol–water partition coefficient (Wildman–Crippen LogP) is 2.80. The van der Waals surface area contributed by atoms with E-state index in [0.29, 0.717) is 36.1 Å². The van der Waals surface area contributed by atoms with Gasteiger partial charge in [0.2, 0.25) is 5.95 Å². The fourth-order valence-corrected chi connectivity index (χ4v) is 4.07. The lowest BCUT2D eigenvalue weighted by atomic mass is 10.0. The van der Waals surface area contributed by atoms with Gasteiger partial charge in [-0.05, 0) is 47.9 Å². The number of aliphatic hydroxyl groups is 1. The maximum Gasteiger partial charge on any atom is 0.274 e. The number of anilines is 2. The van der Waals surface area contributed by atoms with Crippen molar-refractivity contribution >= 4 is 11.6 Å². The van der Waals surface area contributed by atoms with Crippen LogP contribution >= 0.6 is 0 Å². The smallest absolute Gasteiger partial charge is 0.274 e. The molecule has 0 bridgehead atoms. The highest BCUT2D eigenvalue weighted by atomic mass is 19.1. The van der Waals surface area contributed by atoms with Gasteiger partial charge in [-0.1, -0.05) is 24.3 Å². The topological polar surface area (TPSA) is 107 Å². The third-order valence-corrected chi connectivity index (χ3v) is 5.86. The molecule has 1 aliphatic rings. The van der Waals surface area contributed by atoms with Crippen molar-refractivity contribution in [2.45, 2.75) is 26.1 Å². The van der Waals surface area contributed by atoms with Crippen LogP contribution in [0.15, 0.2) is 59.5 Å². The zero-order valence-corrected chi connectivity index (χ0v) is 18.5. The average Bonchev–Trinajstić information content (AvgIpc) is 3.26. The lowest BCUT2D eigenvalue weighted by Gasteiger charge is -2.27. The number of aromatic nitrogens is 5. The number of nitrogens with zero attached hydrogens (tertiary/aromatic N) is 5. The number of benzene rings is 2. The summed E-state index contributed by atoms with van der Waals surface area (Å²) in [5, 5.41) is 25.2. The molecule has 0 radical (unpaired) electrons. The van der Waals surface area contributed by atoms with Crippen LogP contribution in [0, 0.1) is 12.7 Å². The molecule has 2 aromatic heterocycles. The first-order valence-electron chi connectivity index (χ1n) is 10.9. The van der Waals surface area contributed by atoms with Crippen molar-refractivity contribution in [3.63, 3.8) is 0 Å². The molecule has 10 heteroatoms. The van der Waals surface area contributed by atoms with Gasteiger partial charge >= 0.3 is 0 Å². The summed E-state index contributed by atoms with van der Waals surface area (Å²) in [4.78, 5) is 12.8. The molecular weight excluding hydrogens is 439 g/mol. The summed E-state index contributed by atoms with van der Waals surface area (Å²) in [7, 11) is 0. The number of fused-ring (bicyclic) bond motifs is 1. The van der Waals surface area contributed by atoms with E-state index in [9.17, 15) is 14.3 Å². The molecule has 5 rings (SSSR count). The summed E-state index contributed by atoms with van der Waals surface area (Å²) in [6, 6.07) is 13.4. The highest BCUT2D eigenvalue weighted by Crippen LogP contribution is 2.31. The Hall–Kier alpha value is -3.89. The molecular formula is C24H23FN6O3. The zero-order valence-electron chi connectivity index (χ0n) is 18.5. The van der Waals surface area contributed by atoms with E-state index in [1.165, 1.54) is 16.8 Å². The van der Waals surface area contributed by atoms with E-state index in [4.69, 9.17) is 4.74 Å². The lowest BCUT2D eigenvalue weighted by Crippen LogP contribution is -2.26. The quantitative estimate of drug-likeness (QED) is 0.454. The van der Waals surface area contributed by atoms with Crippen LogP contribution in [0.2, 0.25) is 0 Å². The third-order valence-electron chi connectivity index (χ3n) is 5.86. The third kappa shape index (κ3) is 4.09. The van der Waals surface area contributed by atoms with Crippen LogP contribution in [0.4, 0.5) is 16.0 Å². The van der Waals surface area contributed by atoms with Gasteiger partial charge in [-0.2, -0.15) is 5.10 Å². The SMILES string of the molecule is Cc1ccc(-c2ccnn(CCO)c2=O)cc1Nc1nnc2n1[C@H](c1ccc(F)cc1)COC2. The maximum atomic E-state index is 13.5. The molecule has 4 aromatic rings. The van der Waals surface area contributed by atoms with Gasteiger partial charge in [0.15, 0.2) is 5.82 Å². The summed E-state index contributed by atoms with van der Waals surface area (Å²) in [6.45, 7) is 2.64. The van der Waals surface area contributed by atoms with Gasteiger partial charge in [-0.25, -0.2) is 9.07 Å². The lowest BCUT2D eigenvalue weighted by molar-refractivity contribution is 0.0670. The number of nitrogens with one attached hydrogen (secondary N) is 1. The summed E-state index contributed by atoms with van der Waals surface area (Å²) in [6.07, 6.45) is 1.54. The molecule has 3 heterocycles. The molecule has 2 N–H and O–H groups in total. The van der Waals surface area contributed by atoms with E-state index in [0.717, 1.165) is 16.8 Å². The fraction of sp³-hybridized carbons (Fsp3) is 0.250. The van der Waals surface area contributed by atoms with Crippen LogP contribution in [-0.4, -0.2) is 42.9 Å². The molecule has 1 atom stereocenters. The number of hydrogen-bond acceptors (Lipinski definition) is 7. The first kappa shape index (κ1) is 21.9. The van der Waals surface area contributed by atoms with Gasteiger partial charge in [-0.3, -0.25) is 9.36 Å². The summed E-state index contributed by atoms with van der Waals surface area (Å²) >= 11 is 0. The molecule has 34 heavy (non-hydrogen) atoms. The van der Waals surface area contributed by atoms with E-state index >= 15 is 0 Å². The second-order valence-corrected chi connectivity index (χ2v) is 8.04. The Morgan fingerprint density at radius 3 is 2.79 bits per heavy atom. The Morgan fingerprint density at radius 1 is 1.18 bits per heavy atom. The Kier molecular flexibility index (Phi) is 5.91. The normalized spacial score (nSPS) is 15.2. The van der Waals surface area contributed by atoms with Crippen LogP contribution in [0.5, 0.6) is 0 Å². The Bertz CT molecular complexity index is 1380. The summed E-state index contributed by atoms with van der Waals surface area (Å²) < 4.78 is 22.4. The molecule has 0 amide bonds. The number of hydrogen-bond donors (Lipinski definition) is 2. The van der Waals surface area contributed by atoms with Crippen LogP contribution in [0.25, 0.3) is 11.1 Å². The molecule has 0 saturated heterocycles. The Morgan fingerprint density at radius 2 is 2.00 bits per heavy atom. The van der Waals surface area contributed by atoms with Gasteiger partial charge < -0.3 is 15.2 Å². The largest absolute Gasteiger partial charge is 0.394 e. The second kappa shape index (κ2) is 9.16. The van der Waals surface area contributed by atoms with Crippen molar-refractivity contribution in [2.75, 3.05) is 18.5 Å². The van der Waals surface area contributed by atoms with Crippen LogP contribution in [0.3, 0.4) is 0 Å². The molecule has 0 unspecified atom stereocenters. The molecule has 0 spiro atoms. The van der Waals surface area contributed by atoms with Crippen LogP contribution in [0.1, 0.15) is 23.0 Å². The molecule has 1 aliphatic heterocycles. The first-order chi connectivity index (χ1) is 16.5. The minimum atomic E-state index is -0.301. The van der Waals surface area contributed by atoms with Crippen molar-refractivity contribution in [2.24, 2.45) is 0 Å². The number of aryl methyl sites for hydroxylation is 1. The van der Waals surface area contributed by atoms with Crippen molar-refractivity contribution in [3.8, 4) is 11.1 Å². The minimum absolute atomic E-state index is 0.127. The molecule has 2 aromatic carbocycles. The first-order valence-corrected chi connectivity index (χ1v) is 10.9. The number of aliphatic hydroxyl groups excluding tert-OH is 1. The maximum absolute atomic E-state index is 13.5. The van der Waals surface area contributed by atoms with E-state index < -0.39 is 0 Å². The molecule has 174 valence electrons. The highest BCUT2D eigenvalue weighted by molar-refractivity contribution is 5.71. The fourth-order valence-electron chi connectivity index (χ4n) is 4.07. The van der Waals surface area contributed by atoms with Crippen molar-refractivity contribution in [1.29, 1.82) is 0 Å². The van der Waals surface area contributed by atoms with E-state index in [2.05, 4.69) is 20.6 Å². The van der Waals surface area contributed by atoms with Crippen molar-refractivity contribution in [1.82, 2.24) is 24.5 Å². The van der Waals surface area contributed by atoms with Gasteiger partial charge in [0.05, 0.1) is 31.4 Å². The summed E-state index contributed by atoms with van der Waals surface area (Å²) in [5.74, 6) is 0.891. The van der Waals surface area contributed by atoms with Crippen LogP contribution in [-0.2, 0) is 17.9 Å². The molecule has 0 fully saturated rings. The summed E-state index contributed by atoms with van der Waals surface area (Å²) in [5.41, 5.74) is 3.52. The van der Waals surface area contributed by atoms with Crippen molar-refractivity contribution < 1.29 is 14.2 Å². The van der Waals surface area contributed by atoms with Gasteiger partial charge in [0, 0.05) is 11.9 Å². The van der Waals surface area contributed by atoms with E-state index in [-0.39, 0.29) is 30.6 Å². The number of rotatable bonds is 6. The van der Waals surface area contributed by atoms with E-state index in [1.807, 2.05) is 29.7 Å². The highest BCUT2D eigenvalue weighted by Gasteiger charge is 2.27.